The van der Waals surface area contributed by atoms with E-state index < -0.39 is 0 Å². The number of anilines is 1. The summed E-state index contributed by atoms with van der Waals surface area (Å²) in [5.74, 6) is 1.57. The van der Waals surface area contributed by atoms with E-state index in [1.54, 1.807) is 23.1 Å². The summed E-state index contributed by atoms with van der Waals surface area (Å²) in [7, 11) is 0. The van der Waals surface area contributed by atoms with Crippen molar-refractivity contribution >= 4 is 55.7 Å². The number of aromatic nitrogens is 2. The lowest BCUT2D eigenvalue weighted by molar-refractivity contribution is -0.115. The Morgan fingerprint density at radius 1 is 1.17 bits per heavy atom. The number of aryl methyl sites for hydroxylation is 1. The SMILES string of the molecule is CCOc1ccc2nc(NC(=O)Cc3csc(SCc4ccc(C)cc4)n3)sc2c1. The van der Waals surface area contributed by atoms with Crippen LogP contribution in [0.3, 0.4) is 0 Å². The van der Waals surface area contributed by atoms with Crippen LogP contribution in [0.1, 0.15) is 23.7 Å². The van der Waals surface area contributed by atoms with Crippen molar-refractivity contribution in [1.29, 1.82) is 0 Å². The molecule has 0 saturated carbocycles. The molecule has 154 valence electrons. The second-order valence-electron chi connectivity index (χ2n) is 6.69. The summed E-state index contributed by atoms with van der Waals surface area (Å²) < 4.78 is 7.48. The van der Waals surface area contributed by atoms with Gasteiger partial charge in [0.25, 0.3) is 0 Å². The van der Waals surface area contributed by atoms with Gasteiger partial charge in [-0.25, -0.2) is 9.97 Å². The quantitative estimate of drug-likeness (QED) is 0.333. The molecule has 0 aliphatic carbocycles. The molecular weight excluding hydrogens is 434 g/mol. The lowest BCUT2D eigenvalue weighted by Gasteiger charge is -2.00. The van der Waals surface area contributed by atoms with E-state index >= 15 is 0 Å². The molecule has 30 heavy (non-hydrogen) atoms. The average Bonchev–Trinajstić information content (AvgIpc) is 3.33. The Kier molecular flexibility index (Phi) is 6.66. The molecule has 2 heterocycles. The van der Waals surface area contributed by atoms with E-state index in [4.69, 9.17) is 4.74 Å². The van der Waals surface area contributed by atoms with Crippen LogP contribution >= 0.6 is 34.4 Å². The summed E-state index contributed by atoms with van der Waals surface area (Å²) in [6.45, 7) is 4.65. The lowest BCUT2D eigenvalue weighted by atomic mass is 10.2. The zero-order valence-electron chi connectivity index (χ0n) is 16.7. The van der Waals surface area contributed by atoms with Crippen molar-refractivity contribution in [2.45, 2.75) is 30.4 Å². The molecule has 5 nitrogen and oxygen atoms in total. The number of benzene rings is 2. The first-order valence-electron chi connectivity index (χ1n) is 9.55. The molecule has 0 spiro atoms. The predicted molar refractivity (Wildman–Crippen MR) is 126 cm³/mol. The van der Waals surface area contributed by atoms with Gasteiger partial charge < -0.3 is 10.1 Å². The molecule has 0 unspecified atom stereocenters. The maximum absolute atomic E-state index is 12.4. The van der Waals surface area contributed by atoms with Gasteiger partial charge in [0.05, 0.1) is 28.9 Å². The van der Waals surface area contributed by atoms with Gasteiger partial charge in [0.15, 0.2) is 5.13 Å². The number of carbonyl (C=O) groups is 1. The molecule has 8 heteroatoms. The number of hydrogen-bond acceptors (Lipinski definition) is 7. The minimum atomic E-state index is -0.112. The number of nitrogens with zero attached hydrogens (tertiary/aromatic N) is 2. The maximum atomic E-state index is 12.4. The molecule has 0 aliphatic heterocycles. The fraction of sp³-hybridized carbons (Fsp3) is 0.227. The minimum Gasteiger partial charge on any atom is -0.494 e. The monoisotopic (exact) mass is 455 g/mol. The van der Waals surface area contributed by atoms with Gasteiger partial charge in [-0.3, -0.25) is 4.79 Å². The number of amides is 1. The normalized spacial score (nSPS) is 11.0. The van der Waals surface area contributed by atoms with Crippen LogP contribution in [-0.2, 0) is 17.0 Å². The second kappa shape index (κ2) is 9.59. The highest BCUT2D eigenvalue weighted by atomic mass is 32.2. The highest BCUT2D eigenvalue weighted by Crippen LogP contribution is 2.30. The number of carbonyl (C=O) groups excluding carboxylic acids is 1. The molecule has 0 saturated heterocycles. The summed E-state index contributed by atoms with van der Waals surface area (Å²) in [6.07, 6.45) is 0.238. The van der Waals surface area contributed by atoms with Crippen LogP contribution < -0.4 is 10.1 Å². The Balaban J connectivity index is 1.33. The highest BCUT2D eigenvalue weighted by molar-refractivity contribution is 8.00. The molecule has 4 rings (SSSR count). The van der Waals surface area contributed by atoms with E-state index in [0.717, 1.165) is 31.8 Å². The van der Waals surface area contributed by atoms with Crippen molar-refractivity contribution in [2.24, 2.45) is 0 Å². The average molecular weight is 456 g/mol. The minimum absolute atomic E-state index is 0.112. The van der Waals surface area contributed by atoms with Crippen LogP contribution in [0.15, 0.2) is 52.2 Å². The molecule has 0 atom stereocenters. The van der Waals surface area contributed by atoms with Crippen molar-refractivity contribution in [2.75, 3.05) is 11.9 Å². The van der Waals surface area contributed by atoms with Gasteiger partial charge in [0.2, 0.25) is 5.91 Å². The Morgan fingerprint density at radius 2 is 2.00 bits per heavy atom. The molecule has 4 aromatic rings. The molecule has 0 fully saturated rings. The molecule has 2 aromatic heterocycles. The van der Waals surface area contributed by atoms with Gasteiger partial charge in [-0.05, 0) is 37.6 Å². The third kappa shape index (κ3) is 5.38. The summed E-state index contributed by atoms with van der Waals surface area (Å²) in [6, 6.07) is 14.3. The van der Waals surface area contributed by atoms with Crippen molar-refractivity contribution < 1.29 is 9.53 Å². The standard InChI is InChI=1S/C22H21N3O2S3/c1-3-27-17-8-9-18-19(11-17)30-21(24-18)25-20(26)10-16-13-29-22(23-16)28-12-15-6-4-14(2)5-7-15/h4-9,11,13H,3,10,12H2,1-2H3,(H,24,25,26). The fourth-order valence-electron chi connectivity index (χ4n) is 2.81. The van der Waals surface area contributed by atoms with Gasteiger partial charge in [-0.1, -0.05) is 52.9 Å². The van der Waals surface area contributed by atoms with Crippen LogP contribution in [0.5, 0.6) is 5.75 Å². The second-order valence-corrected chi connectivity index (χ2v) is 9.80. The van der Waals surface area contributed by atoms with Crippen LogP contribution in [0.4, 0.5) is 5.13 Å². The third-order valence-electron chi connectivity index (χ3n) is 4.27. The van der Waals surface area contributed by atoms with Crippen molar-refractivity contribution in [3.05, 3.63) is 64.7 Å². The van der Waals surface area contributed by atoms with Crippen molar-refractivity contribution in [3.63, 3.8) is 0 Å². The van der Waals surface area contributed by atoms with Crippen LogP contribution in [0.2, 0.25) is 0 Å². The van der Waals surface area contributed by atoms with E-state index in [9.17, 15) is 4.79 Å². The van der Waals surface area contributed by atoms with Gasteiger partial charge in [0.1, 0.15) is 10.1 Å². The Labute approximate surface area is 187 Å². The first kappa shape index (κ1) is 20.8. The van der Waals surface area contributed by atoms with Crippen LogP contribution in [0.25, 0.3) is 10.2 Å². The Morgan fingerprint density at radius 3 is 2.80 bits per heavy atom. The summed E-state index contributed by atoms with van der Waals surface area (Å²) in [5, 5.41) is 5.43. The van der Waals surface area contributed by atoms with Crippen LogP contribution in [-0.4, -0.2) is 22.5 Å². The topological polar surface area (TPSA) is 64.1 Å². The van der Waals surface area contributed by atoms with Gasteiger partial charge in [0, 0.05) is 11.1 Å². The number of nitrogens with one attached hydrogen (secondary N) is 1. The number of thiazole rings is 2. The zero-order valence-corrected chi connectivity index (χ0v) is 19.1. The maximum Gasteiger partial charge on any atom is 0.232 e. The molecular formula is C22H21N3O2S3. The number of fused-ring (bicyclic) bond motifs is 1. The Bertz CT molecular complexity index is 1150. The summed E-state index contributed by atoms with van der Waals surface area (Å²) in [4.78, 5) is 21.5. The molecule has 1 N–H and O–H groups in total. The van der Waals surface area contributed by atoms with Crippen molar-refractivity contribution in [1.82, 2.24) is 9.97 Å². The number of rotatable bonds is 8. The molecule has 0 radical (unpaired) electrons. The van der Waals surface area contributed by atoms with Crippen LogP contribution in [0, 0.1) is 6.92 Å². The smallest absolute Gasteiger partial charge is 0.232 e. The van der Waals surface area contributed by atoms with E-state index in [-0.39, 0.29) is 12.3 Å². The zero-order chi connectivity index (χ0) is 20.9. The third-order valence-corrected chi connectivity index (χ3v) is 7.35. The predicted octanol–water partition coefficient (Wildman–Crippen LogP) is 5.93. The molecule has 1 amide bonds. The molecule has 2 aromatic carbocycles. The Hall–Kier alpha value is -2.42. The molecule has 0 aliphatic rings. The molecule has 0 bridgehead atoms. The number of ether oxygens (including phenoxy) is 1. The van der Waals surface area contributed by atoms with Gasteiger partial charge in [-0.2, -0.15) is 0 Å². The van der Waals surface area contributed by atoms with E-state index in [2.05, 4.69) is 46.5 Å². The largest absolute Gasteiger partial charge is 0.494 e. The lowest BCUT2D eigenvalue weighted by Crippen LogP contribution is -2.14. The van der Waals surface area contributed by atoms with E-state index in [1.165, 1.54) is 22.5 Å². The van der Waals surface area contributed by atoms with E-state index in [1.807, 2.05) is 30.5 Å². The van der Waals surface area contributed by atoms with Gasteiger partial charge in [-0.15, -0.1) is 11.3 Å². The number of thioether (sulfide) groups is 1. The number of hydrogen-bond donors (Lipinski definition) is 1. The summed E-state index contributed by atoms with van der Waals surface area (Å²) in [5.41, 5.74) is 4.16. The first-order chi connectivity index (χ1) is 14.6. The first-order valence-corrected chi connectivity index (χ1v) is 12.2. The van der Waals surface area contributed by atoms with E-state index in [0.29, 0.717) is 11.7 Å². The van der Waals surface area contributed by atoms with Gasteiger partial charge >= 0.3 is 0 Å². The fourth-order valence-corrected chi connectivity index (χ4v) is 5.52. The highest BCUT2D eigenvalue weighted by Gasteiger charge is 2.12. The summed E-state index contributed by atoms with van der Waals surface area (Å²) >= 11 is 4.71. The van der Waals surface area contributed by atoms with Crippen molar-refractivity contribution in [3.8, 4) is 5.75 Å².